The van der Waals surface area contributed by atoms with E-state index in [0.717, 1.165) is 24.3 Å². The van der Waals surface area contributed by atoms with Gasteiger partial charge in [-0.15, -0.1) is 0 Å². The molecule has 2 rings (SSSR count). The van der Waals surface area contributed by atoms with Gasteiger partial charge >= 0.3 is 0 Å². The molecule has 0 radical (unpaired) electrons. The highest BCUT2D eigenvalue weighted by molar-refractivity contribution is 5.39. The highest BCUT2D eigenvalue weighted by atomic mass is 16.5. The van der Waals surface area contributed by atoms with Crippen molar-refractivity contribution >= 4 is 0 Å². The van der Waals surface area contributed by atoms with Gasteiger partial charge < -0.3 is 4.74 Å². The lowest BCUT2D eigenvalue weighted by Gasteiger charge is -2.25. The Bertz CT molecular complexity index is 635. The third-order valence-electron chi connectivity index (χ3n) is 3.71. The molecule has 0 unspecified atom stereocenters. The molecule has 108 valence electrons. The smallest absolute Gasteiger partial charge is 0.127 e. The fourth-order valence-electron chi connectivity index (χ4n) is 2.48. The third kappa shape index (κ3) is 3.86. The molecule has 0 saturated heterocycles. The average molecular weight is 279 g/mol. The zero-order valence-electron chi connectivity index (χ0n) is 12.9. The molecule has 0 aliphatic rings. The summed E-state index contributed by atoms with van der Waals surface area (Å²) in [6.07, 6.45) is 2.31. The number of nitrogens with zero attached hydrogens (tertiary/aromatic N) is 1. The van der Waals surface area contributed by atoms with Crippen LogP contribution in [-0.2, 0) is 5.41 Å². The molecule has 0 fully saturated rings. The van der Waals surface area contributed by atoms with Crippen molar-refractivity contribution in [2.45, 2.75) is 39.0 Å². The van der Waals surface area contributed by atoms with E-state index in [0.29, 0.717) is 5.56 Å². The predicted molar refractivity (Wildman–Crippen MR) is 85.6 cm³/mol. The zero-order chi connectivity index (χ0) is 15.3. The van der Waals surface area contributed by atoms with Gasteiger partial charge in [-0.05, 0) is 53.8 Å². The van der Waals surface area contributed by atoms with Gasteiger partial charge in [0.25, 0.3) is 0 Å². The maximum absolute atomic E-state index is 8.80. The fourth-order valence-corrected chi connectivity index (χ4v) is 2.48. The van der Waals surface area contributed by atoms with Crippen LogP contribution in [0.1, 0.15) is 44.7 Å². The van der Waals surface area contributed by atoms with E-state index in [9.17, 15) is 0 Å². The SMILES string of the molecule is CCCC(C)(C)c1cccc(Oc2ccc(C#N)cc2)c1. The van der Waals surface area contributed by atoms with Crippen LogP contribution in [0, 0.1) is 11.3 Å². The highest BCUT2D eigenvalue weighted by Gasteiger charge is 2.19. The lowest BCUT2D eigenvalue weighted by atomic mass is 9.81. The molecule has 0 aliphatic heterocycles. The molecule has 2 heteroatoms. The van der Waals surface area contributed by atoms with Crippen LogP contribution in [0.15, 0.2) is 48.5 Å². The van der Waals surface area contributed by atoms with Crippen molar-refractivity contribution in [2.75, 3.05) is 0 Å². The van der Waals surface area contributed by atoms with Crippen molar-refractivity contribution in [3.63, 3.8) is 0 Å². The Morgan fingerprint density at radius 2 is 1.76 bits per heavy atom. The first-order valence-electron chi connectivity index (χ1n) is 7.34. The van der Waals surface area contributed by atoms with E-state index in [1.165, 1.54) is 5.56 Å². The van der Waals surface area contributed by atoms with Gasteiger partial charge in [0.15, 0.2) is 0 Å². The second kappa shape index (κ2) is 6.45. The number of benzene rings is 2. The Hall–Kier alpha value is -2.27. The van der Waals surface area contributed by atoms with Crippen molar-refractivity contribution in [1.29, 1.82) is 5.26 Å². The number of rotatable bonds is 5. The van der Waals surface area contributed by atoms with Crippen LogP contribution in [-0.4, -0.2) is 0 Å². The minimum Gasteiger partial charge on any atom is -0.457 e. The Morgan fingerprint density at radius 3 is 2.38 bits per heavy atom. The summed E-state index contributed by atoms with van der Waals surface area (Å²) in [5, 5.41) is 8.80. The van der Waals surface area contributed by atoms with E-state index in [2.05, 4.69) is 39.0 Å². The van der Waals surface area contributed by atoms with E-state index in [1.54, 1.807) is 12.1 Å². The molecule has 0 spiro atoms. The molecule has 2 nitrogen and oxygen atoms in total. The predicted octanol–water partition coefficient (Wildman–Crippen LogP) is 5.43. The van der Waals surface area contributed by atoms with E-state index in [-0.39, 0.29) is 5.41 Å². The molecule has 0 aromatic heterocycles. The summed E-state index contributed by atoms with van der Waals surface area (Å²) in [5.74, 6) is 1.58. The van der Waals surface area contributed by atoms with Gasteiger partial charge in [-0.2, -0.15) is 5.26 Å². The van der Waals surface area contributed by atoms with Gasteiger partial charge in [-0.3, -0.25) is 0 Å². The molecule has 2 aromatic rings. The summed E-state index contributed by atoms with van der Waals surface area (Å²) in [6.45, 7) is 6.73. The normalized spacial score (nSPS) is 11.0. The minimum atomic E-state index is 0.152. The van der Waals surface area contributed by atoms with Gasteiger partial charge in [0, 0.05) is 0 Å². The van der Waals surface area contributed by atoms with Crippen molar-refractivity contribution < 1.29 is 4.74 Å². The van der Waals surface area contributed by atoms with E-state index in [4.69, 9.17) is 10.00 Å². The van der Waals surface area contributed by atoms with Gasteiger partial charge in [0.1, 0.15) is 11.5 Å². The van der Waals surface area contributed by atoms with Gasteiger partial charge in [-0.1, -0.05) is 39.3 Å². The second-order valence-electron chi connectivity index (χ2n) is 5.90. The standard InChI is InChI=1S/C19H21NO/c1-4-12-19(2,3)16-6-5-7-18(13-16)21-17-10-8-15(14-20)9-11-17/h5-11,13H,4,12H2,1-3H3. The third-order valence-corrected chi connectivity index (χ3v) is 3.71. The van der Waals surface area contributed by atoms with Crippen LogP contribution < -0.4 is 4.74 Å². The first-order chi connectivity index (χ1) is 10.0. The molecule has 0 amide bonds. The number of ether oxygens (including phenoxy) is 1. The van der Waals surface area contributed by atoms with Gasteiger partial charge in [-0.25, -0.2) is 0 Å². The maximum atomic E-state index is 8.80. The van der Waals surface area contributed by atoms with Crippen molar-refractivity contribution in [3.8, 4) is 17.6 Å². The quantitative estimate of drug-likeness (QED) is 0.731. The number of hydrogen-bond donors (Lipinski definition) is 0. The van der Waals surface area contributed by atoms with Crippen LogP contribution in [0.25, 0.3) is 0 Å². The second-order valence-corrected chi connectivity index (χ2v) is 5.90. The molecular formula is C19H21NO. The first-order valence-corrected chi connectivity index (χ1v) is 7.34. The summed E-state index contributed by atoms with van der Waals surface area (Å²) < 4.78 is 5.88. The lowest BCUT2D eigenvalue weighted by molar-refractivity contribution is 0.458. The summed E-state index contributed by atoms with van der Waals surface area (Å²) in [5.41, 5.74) is 2.08. The largest absolute Gasteiger partial charge is 0.457 e. The van der Waals surface area contributed by atoms with E-state index >= 15 is 0 Å². The summed E-state index contributed by atoms with van der Waals surface area (Å²) >= 11 is 0. The van der Waals surface area contributed by atoms with Crippen LogP contribution in [0.4, 0.5) is 0 Å². The summed E-state index contributed by atoms with van der Waals surface area (Å²) in [7, 11) is 0. The summed E-state index contributed by atoms with van der Waals surface area (Å²) in [6, 6.07) is 17.5. The Balaban J connectivity index is 2.19. The van der Waals surface area contributed by atoms with Gasteiger partial charge in [0.2, 0.25) is 0 Å². The molecule has 2 aromatic carbocycles. The number of nitriles is 1. The van der Waals surface area contributed by atoms with Gasteiger partial charge in [0.05, 0.1) is 11.6 Å². The lowest BCUT2D eigenvalue weighted by Crippen LogP contribution is -2.16. The molecule has 0 N–H and O–H groups in total. The molecule has 21 heavy (non-hydrogen) atoms. The molecule has 0 heterocycles. The Labute approximate surface area is 127 Å². The Morgan fingerprint density at radius 1 is 1.05 bits per heavy atom. The molecule has 0 atom stereocenters. The first kappa shape index (κ1) is 15.1. The molecule has 0 aliphatic carbocycles. The fraction of sp³-hybridized carbons (Fsp3) is 0.316. The molecule has 0 bridgehead atoms. The zero-order valence-corrected chi connectivity index (χ0v) is 12.9. The van der Waals surface area contributed by atoms with Crippen LogP contribution >= 0.6 is 0 Å². The molecule has 0 saturated carbocycles. The highest BCUT2D eigenvalue weighted by Crippen LogP contribution is 2.32. The van der Waals surface area contributed by atoms with Crippen molar-refractivity contribution in [3.05, 3.63) is 59.7 Å². The molecular weight excluding hydrogens is 258 g/mol. The minimum absolute atomic E-state index is 0.152. The topological polar surface area (TPSA) is 33.0 Å². The van der Waals surface area contributed by atoms with Crippen LogP contribution in [0.3, 0.4) is 0 Å². The van der Waals surface area contributed by atoms with Crippen molar-refractivity contribution in [1.82, 2.24) is 0 Å². The number of hydrogen-bond acceptors (Lipinski definition) is 2. The van der Waals surface area contributed by atoms with E-state index in [1.807, 2.05) is 24.3 Å². The van der Waals surface area contributed by atoms with E-state index < -0.39 is 0 Å². The maximum Gasteiger partial charge on any atom is 0.127 e. The Kier molecular flexibility index (Phi) is 4.65. The van der Waals surface area contributed by atoms with Crippen LogP contribution in [0.5, 0.6) is 11.5 Å². The summed E-state index contributed by atoms with van der Waals surface area (Å²) in [4.78, 5) is 0. The van der Waals surface area contributed by atoms with Crippen LogP contribution in [0.2, 0.25) is 0 Å². The van der Waals surface area contributed by atoms with Crippen molar-refractivity contribution in [2.24, 2.45) is 0 Å². The average Bonchev–Trinajstić information content (AvgIpc) is 2.48. The monoisotopic (exact) mass is 279 g/mol.